The molecule has 2 heterocycles. The molecule has 9 nitrogen and oxygen atoms in total. The quantitative estimate of drug-likeness (QED) is 0.256. The van der Waals surface area contributed by atoms with Crippen LogP contribution >= 0.6 is 11.8 Å². The van der Waals surface area contributed by atoms with Crippen LogP contribution in [0.1, 0.15) is 5.76 Å². The van der Waals surface area contributed by atoms with E-state index in [1.54, 1.807) is 29.9 Å². The Hall–Kier alpha value is -3.47. The molecule has 1 aromatic carbocycles. The second-order valence-corrected chi connectivity index (χ2v) is 6.80. The van der Waals surface area contributed by atoms with Crippen LogP contribution in [0.4, 0.5) is 15.8 Å². The number of thioether (sulfide) groups is 1. The molecule has 0 aliphatic carbocycles. The monoisotopic (exact) mass is 417 g/mol. The van der Waals surface area contributed by atoms with Crippen molar-refractivity contribution in [3.8, 4) is 11.4 Å². The van der Waals surface area contributed by atoms with Crippen molar-refractivity contribution in [1.29, 1.82) is 0 Å². The largest absolute Gasteiger partial charge is 0.469 e. The van der Waals surface area contributed by atoms with Gasteiger partial charge in [-0.1, -0.05) is 17.8 Å². The third kappa shape index (κ3) is 4.51. The lowest BCUT2D eigenvalue weighted by Crippen LogP contribution is -2.16. The standard InChI is InChI=1S/C18H16FN5O4S/c1-3-7-23-17(13-6-8-28-11(13)2)21-22-18(23)29-10-16(25)20-15-9-12(24(26)27)4-5-14(15)19/h3-6,8-9H,1,7,10H2,2H3,(H,20,25). The van der Waals surface area contributed by atoms with E-state index in [9.17, 15) is 19.3 Å². The highest BCUT2D eigenvalue weighted by Gasteiger charge is 2.18. The SMILES string of the molecule is C=CCn1c(SCC(=O)Nc2cc([N+](=O)[O-])ccc2F)nnc1-c1ccoc1C. The summed E-state index contributed by atoms with van der Waals surface area (Å²) in [6, 6.07) is 4.70. The maximum absolute atomic E-state index is 13.8. The molecule has 1 N–H and O–H groups in total. The third-order valence-electron chi connectivity index (χ3n) is 3.90. The number of carbonyl (C=O) groups is 1. The van der Waals surface area contributed by atoms with E-state index in [4.69, 9.17) is 4.42 Å². The summed E-state index contributed by atoms with van der Waals surface area (Å²) in [5.41, 5.74) is 0.196. The van der Waals surface area contributed by atoms with Crippen LogP contribution in [0.5, 0.6) is 0 Å². The molecule has 0 unspecified atom stereocenters. The van der Waals surface area contributed by atoms with Crippen molar-refractivity contribution in [3.05, 3.63) is 64.9 Å². The zero-order valence-electron chi connectivity index (χ0n) is 15.3. The number of nitrogens with zero attached hydrogens (tertiary/aromatic N) is 4. The summed E-state index contributed by atoms with van der Waals surface area (Å²) in [5.74, 6) is -0.145. The fourth-order valence-corrected chi connectivity index (χ4v) is 3.29. The lowest BCUT2D eigenvalue weighted by molar-refractivity contribution is -0.384. The molecule has 3 rings (SSSR count). The van der Waals surface area contributed by atoms with Gasteiger partial charge in [0.05, 0.1) is 28.2 Å². The molecule has 1 amide bonds. The maximum Gasteiger partial charge on any atom is 0.271 e. The molecular weight excluding hydrogens is 401 g/mol. The van der Waals surface area contributed by atoms with E-state index in [-0.39, 0.29) is 17.1 Å². The van der Waals surface area contributed by atoms with Gasteiger partial charge < -0.3 is 9.73 Å². The minimum Gasteiger partial charge on any atom is -0.469 e. The van der Waals surface area contributed by atoms with Crippen molar-refractivity contribution in [2.75, 3.05) is 11.1 Å². The topological polar surface area (TPSA) is 116 Å². The third-order valence-corrected chi connectivity index (χ3v) is 4.86. The molecule has 0 atom stereocenters. The first kappa shape index (κ1) is 20.3. The van der Waals surface area contributed by atoms with Gasteiger partial charge in [-0.15, -0.1) is 16.8 Å². The number of aryl methyl sites for hydroxylation is 1. The number of nitrogens with one attached hydrogen (secondary N) is 1. The van der Waals surface area contributed by atoms with Crippen molar-refractivity contribution in [3.63, 3.8) is 0 Å². The van der Waals surface area contributed by atoms with Gasteiger partial charge in [-0.2, -0.15) is 0 Å². The van der Waals surface area contributed by atoms with Crippen LogP contribution in [0, 0.1) is 22.9 Å². The van der Waals surface area contributed by atoms with Crippen LogP contribution in [0.3, 0.4) is 0 Å². The minimum absolute atomic E-state index is 0.0955. The molecule has 0 bridgehead atoms. The maximum atomic E-state index is 13.8. The smallest absolute Gasteiger partial charge is 0.271 e. The number of halogens is 1. The molecule has 0 aliphatic heterocycles. The fourth-order valence-electron chi connectivity index (χ4n) is 2.54. The number of rotatable bonds is 8. The summed E-state index contributed by atoms with van der Waals surface area (Å²) in [4.78, 5) is 22.4. The highest BCUT2D eigenvalue weighted by atomic mass is 32.2. The predicted octanol–water partition coefficient (Wildman–Crippen LogP) is 3.81. The van der Waals surface area contributed by atoms with Crippen molar-refractivity contribution in [1.82, 2.24) is 14.8 Å². The molecule has 0 saturated heterocycles. The predicted molar refractivity (Wildman–Crippen MR) is 105 cm³/mol. The van der Waals surface area contributed by atoms with Gasteiger partial charge in [0.1, 0.15) is 11.6 Å². The molecule has 0 radical (unpaired) electrons. The second-order valence-electron chi connectivity index (χ2n) is 5.85. The Labute approximate surface area is 168 Å². The van der Waals surface area contributed by atoms with Gasteiger partial charge >= 0.3 is 0 Å². The molecule has 29 heavy (non-hydrogen) atoms. The number of hydrogen-bond acceptors (Lipinski definition) is 7. The van der Waals surface area contributed by atoms with Gasteiger partial charge in [0, 0.05) is 18.7 Å². The highest BCUT2D eigenvalue weighted by molar-refractivity contribution is 7.99. The molecule has 0 saturated carbocycles. The number of amides is 1. The molecule has 0 fully saturated rings. The average Bonchev–Trinajstić information content (AvgIpc) is 3.27. The van der Waals surface area contributed by atoms with Crippen LogP contribution in [0.2, 0.25) is 0 Å². The van der Waals surface area contributed by atoms with E-state index in [0.717, 1.165) is 35.5 Å². The average molecular weight is 417 g/mol. The Morgan fingerprint density at radius 3 is 2.90 bits per heavy atom. The summed E-state index contributed by atoms with van der Waals surface area (Å²) in [5, 5.41) is 21.9. The van der Waals surface area contributed by atoms with E-state index in [0.29, 0.717) is 23.3 Å². The summed E-state index contributed by atoms with van der Waals surface area (Å²) in [6.45, 7) is 5.93. The molecule has 0 aliphatic rings. The number of allylic oxidation sites excluding steroid dienone is 1. The van der Waals surface area contributed by atoms with Gasteiger partial charge in [0.15, 0.2) is 11.0 Å². The van der Waals surface area contributed by atoms with E-state index >= 15 is 0 Å². The Morgan fingerprint density at radius 2 is 2.24 bits per heavy atom. The lowest BCUT2D eigenvalue weighted by Gasteiger charge is -2.08. The molecular formula is C18H16FN5O4S. The number of carbonyl (C=O) groups excluding carboxylic acids is 1. The molecule has 0 spiro atoms. The van der Waals surface area contributed by atoms with Crippen molar-refractivity contribution < 1.29 is 18.5 Å². The zero-order valence-corrected chi connectivity index (χ0v) is 16.1. The first-order valence-corrected chi connectivity index (χ1v) is 9.34. The van der Waals surface area contributed by atoms with E-state index in [1.807, 2.05) is 0 Å². The summed E-state index contributed by atoms with van der Waals surface area (Å²) in [6.07, 6.45) is 3.22. The van der Waals surface area contributed by atoms with Crippen LogP contribution in [-0.4, -0.2) is 31.3 Å². The summed E-state index contributed by atoms with van der Waals surface area (Å²) >= 11 is 1.10. The van der Waals surface area contributed by atoms with Crippen molar-refractivity contribution >= 4 is 29.0 Å². The summed E-state index contributed by atoms with van der Waals surface area (Å²) < 4.78 is 20.9. The van der Waals surface area contributed by atoms with Gasteiger partial charge in [0.25, 0.3) is 5.69 Å². The number of aromatic nitrogens is 3. The Morgan fingerprint density at radius 1 is 1.45 bits per heavy atom. The van der Waals surface area contributed by atoms with E-state index in [2.05, 4.69) is 22.1 Å². The number of nitro benzene ring substituents is 1. The van der Waals surface area contributed by atoms with Crippen LogP contribution in [0.25, 0.3) is 11.4 Å². The first-order valence-electron chi connectivity index (χ1n) is 8.36. The Kier molecular flexibility index (Phi) is 6.07. The number of nitro groups is 1. The Balaban J connectivity index is 1.73. The molecule has 3 aromatic rings. The van der Waals surface area contributed by atoms with Crippen molar-refractivity contribution in [2.24, 2.45) is 0 Å². The number of furan rings is 1. The van der Waals surface area contributed by atoms with E-state index < -0.39 is 16.6 Å². The second kappa shape index (κ2) is 8.69. The van der Waals surface area contributed by atoms with Crippen LogP contribution in [-0.2, 0) is 11.3 Å². The highest BCUT2D eigenvalue weighted by Crippen LogP contribution is 2.27. The number of benzene rings is 1. The number of anilines is 1. The molecule has 150 valence electrons. The van der Waals surface area contributed by atoms with Crippen molar-refractivity contribution in [2.45, 2.75) is 18.6 Å². The van der Waals surface area contributed by atoms with Gasteiger partial charge in [-0.05, 0) is 19.1 Å². The fraction of sp³-hybridized carbons (Fsp3) is 0.167. The zero-order chi connectivity index (χ0) is 21.0. The van der Waals surface area contributed by atoms with Gasteiger partial charge in [0.2, 0.25) is 5.91 Å². The van der Waals surface area contributed by atoms with Gasteiger partial charge in [-0.25, -0.2) is 4.39 Å². The molecule has 11 heteroatoms. The minimum atomic E-state index is -0.763. The molecule has 2 aromatic heterocycles. The summed E-state index contributed by atoms with van der Waals surface area (Å²) in [7, 11) is 0. The Bertz CT molecular complexity index is 1080. The van der Waals surface area contributed by atoms with Crippen LogP contribution < -0.4 is 5.32 Å². The van der Waals surface area contributed by atoms with Crippen LogP contribution in [0.15, 0.2) is 52.8 Å². The normalized spacial score (nSPS) is 10.7. The van der Waals surface area contributed by atoms with E-state index in [1.165, 1.54) is 0 Å². The van der Waals surface area contributed by atoms with Gasteiger partial charge in [-0.3, -0.25) is 19.5 Å². The number of non-ortho nitro benzene ring substituents is 1. The lowest BCUT2D eigenvalue weighted by atomic mass is 10.2. The number of hydrogen-bond donors (Lipinski definition) is 1. The first-order chi connectivity index (χ1) is 13.9.